The first-order chi connectivity index (χ1) is 15.3. The Morgan fingerprint density at radius 1 is 1.19 bits per heavy atom. The van der Waals surface area contributed by atoms with Gasteiger partial charge in [-0.3, -0.25) is 9.40 Å². The molecule has 0 saturated carbocycles. The van der Waals surface area contributed by atoms with Crippen molar-refractivity contribution in [3.05, 3.63) is 55.1 Å². The first-order valence-electron chi connectivity index (χ1n) is 9.89. The number of aryl methyl sites for hydroxylation is 1. The van der Waals surface area contributed by atoms with Crippen LogP contribution in [0.1, 0.15) is 6.92 Å². The Morgan fingerprint density at radius 3 is 2.78 bits per heavy atom. The van der Waals surface area contributed by atoms with Crippen molar-refractivity contribution in [3.63, 3.8) is 0 Å². The molecule has 0 aliphatic carbocycles. The van der Waals surface area contributed by atoms with Crippen molar-refractivity contribution in [2.24, 2.45) is 12.5 Å². The van der Waals surface area contributed by atoms with Crippen LogP contribution >= 0.6 is 0 Å². The maximum absolute atomic E-state index is 13.0. The SMILES string of the molecule is Cn1ncc2cccc(NS(=O)(=O)c3cnn(-c4cc(N5CC(C)(C#N)C5)ccn4)c3)c21. The van der Waals surface area contributed by atoms with Crippen LogP contribution in [0.3, 0.4) is 0 Å². The number of nitrogens with one attached hydrogen (secondary N) is 1. The van der Waals surface area contributed by atoms with E-state index in [-0.39, 0.29) is 10.3 Å². The molecule has 0 atom stereocenters. The van der Waals surface area contributed by atoms with Gasteiger partial charge in [0.1, 0.15) is 4.90 Å². The highest BCUT2D eigenvalue weighted by Gasteiger charge is 2.39. The zero-order chi connectivity index (χ0) is 22.5. The standard InChI is InChI=1S/C21H20N8O2S/c1-21(12-22)13-28(14-21)16-6-7-23-19(8-16)29-11-17(10-25-29)32(30,31)26-18-5-3-4-15-9-24-27(2)20(15)18/h3-11,26H,13-14H2,1-2H3. The molecular formula is C21H20N8O2S. The average Bonchev–Trinajstić information content (AvgIpc) is 3.40. The molecule has 4 heterocycles. The summed E-state index contributed by atoms with van der Waals surface area (Å²) >= 11 is 0. The average molecular weight is 449 g/mol. The smallest absolute Gasteiger partial charge is 0.265 e. The van der Waals surface area contributed by atoms with Gasteiger partial charge in [-0.05, 0) is 19.1 Å². The molecule has 11 heteroatoms. The molecule has 162 valence electrons. The largest absolute Gasteiger partial charge is 0.368 e. The lowest BCUT2D eigenvalue weighted by atomic mass is 9.83. The van der Waals surface area contributed by atoms with Crippen LogP contribution in [0.25, 0.3) is 16.7 Å². The van der Waals surface area contributed by atoms with Gasteiger partial charge in [0.05, 0.1) is 41.3 Å². The van der Waals surface area contributed by atoms with Crippen molar-refractivity contribution < 1.29 is 8.42 Å². The number of hydrogen-bond donors (Lipinski definition) is 1. The van der Waals surface area contributed by atoms with Gasteiger partial charge in [-0.15, -0.1) is 0 Å². The summed E-state index contributed by atoms with van der Waals surface area (Å²) in [5.74, 6) is 0.489. The first-order valence-corrected chi connectivity index (χ1v) is 11.4. The number of pyridine rings is 1. The molecule has 1 aliphatic heterocycles. The highest BCUT2D eigenvalue weighted by atomic mass is 32.2. The van der Waals surface area contributed by atoms with E-state index in [1.54, 1.807) is 36.3 Å². The Labute approximate surface area is 184 Å². The van der Waals surface area contributed by atoms with Crippen LogP contribution in [-0.4, -0.2) is 46.1 Å². The molecule has 1 fully saturated rings. The van der Waals surface area contributed by atoms with E-state index in [0.29, 0.717) is 30.1 Å². The number of hydrogen-bond acceptors (Lipinski definition) is 7. The molecule has 4 aromatic rings. The molecule has 0 spiro atoms. The molecule has 3 aromatic heterocycles. The second-order valence-electron chi connectivity index (χ2n) is 8.14. The minimum atomic E-state index is -3.87. The van der Waals surface area contributed by atoms with Gasteiger partial charge in [0.2, 0.25) is 0 Å². The number of fused-ring (bicyclic) bond motifs is 1. The van der Waals surface area contributed by atoms with Crippen LogP contribution in [0.4, 0.5) is 11.4 Å². The van der Waals surface area contributed by atoms with E-state index in [9.17, 15) is 13.7 Å². The van der Waals surface area contributed by atoms with Crippen molar-refractivity contribution in [3.8, 4) is 11.9 Å². The molecule has 0 amide bonds. The maximum atomic E-state index is 13.0. The van der Waals surface area contributed by atoms with Gasteiger partial charge in [-0.2, -0.15) is 15.5 Å². The van der Waals surface area contributed by atoms with Crippen molar-refractivity contribution in [1.29, 1.82) is 5.26 Å². The summed E-state index contributed by atoms with van der Waals surface area (Å²) in [5, 5.41) is 18.4. The Bertz CT molecular complexity index is 1470. The number of aromatic nitrogens is 5. The Kier molecular flexibility index (Phi) is 4.42. The number of benzene rings is 1. The second kappa shape index (κ2) is 7.06. The van der Waals surface area contributed by atoms with Crippen molar-refractivity contribution in [2.45, 2.75) is 11.8 Å². The minimum absolute atomic E-state index is 0.0184. The summed E-state index contributed by atoms with van der Waals surface area (Å²) in [7, 11) is -2.12. The fourth-order valence-electron chi connectivity index (χ4n) is 3.87. The molecule has 1 N–H and O–H groups in total. The van der Waals surface area contributed by atoms with E-state index in [1.165, 1.54) is 17.1 Å². The van der Waals surface area contributed by atoms with Gasteiger partial charge in [0.25, 0.3) is 10.0 Å². The molecule has 0 bridgehead atoms. The number of nitriles is 1. The third kappa shape index (κ3) is 3.34. The van der Waals surface area contributed by atoms with Crippen LogP contribution in [0, 0.1) is 16.7 Å². The lowest BCUT2D eigenvalue weighted by molar-refractivity contribution is 0.337. The van der Waals surface area contributed by atoms with Crippen LogP contribution in [-0.2, 0) is 17.1 Å². The Hall–Kier alpha value is -3.91. The summed E-state index contributed by atoms with van der Waals surface area (Å²) in [4.78, 5) is 6.41. The van der Waals surface area contributed by atoms with E-state index in [0.717, 1.165) is 11.1 Å². The molecule has 0 radical (unpaired) electrons. The molecule has 0 unspecified atom stereocenters. The minimum Gasteiger partial charge on any atom is -0.368 e. The number of anilines is 2. The van der Waals surface area contributed by atoms with E-state index < -0.39 is 10.0 Å². The van der Waals surface area contributed by atoms with Crippen LogP contribution < -0.4 is 9.62 Å². The maximum Gasteiger partial charge on any atom is 0.265 e. The van der Waals surface area contributed by atoms with Crippen LogP contribution in [0.2, 0.25) is 0 Å². The zero-order valence-corrected chi connectivity index (χ0v) is 18.3. The zero-order valence-electron chi connectivity index (χ0n) is 17.5. The number of nitrogens with zero attached hydrogens (tertiary/aromatic N) is 7. The van der Waals surface area contributed by atoms with Crippen molar-refractivity contribution in [1.82, 2.24) is 24.5 Å². The topological polar surface area (TPSA) is 122 Å². The van der Waals surface area contributed by atoms with Crippen LogP contribution in [0.5, 0.6) is 0 Å². The van der Waals surface area contributed by atoms with E-state index in [1.807, 2.05) is 25.1 Å². The monoisotopic (exact) mass is 448 g/mol. The fourth-order valence-corrected chi connectivity index (χ4v) is 4.87. The summed E-state index contributed by atoms with van der Waals surface area (Å²) in [6.07, 6.45) is 6.04. The molecule has 10 nitrogen and oxygen atoms in total. The quantitative estimate of drug-likeness (QED) is 0.497. The number of rotatable bonds is 5. The third-order valence-corrected chi connectivity index (χ3v) is 6.87. The van der Waals surface area contributed by atoms with Gasteiger partial charge >= 0.3 is 0 Å². The third-order valence-electron chi connectivity index (χ3n) is 5.55. The second-order valence-corrected chi connectivity index (χ2v) is 9.82. The van der Waals surface area contributed by atoms with Gasteiger partial charge in [0, 0.05) is 43.5 Å². The fraction of sp³-hybridized carbons (Fsp3) is 0.238. The predicted molar refractivity (Wildman–Crippen MR) is 119 cm³/mol. The van der Waals surface area contributed by atoms with Gasteiger partial charge in [0.15, 0.2) is 5.82 Å². The molecular weight excluding hydrogens is 428 g/mol. The molecule has 32 heavy (non-hydrogen) atoms. The summed E-state index contributed by atoms with van der Waals surface area (Å²) in [6.45, 7) is 3.19. The Morgan fingerprint density at radius 2 is 2.00 bits per heavy atom. The molecule has 1 aliphatic rings. The van der Waals surface area contributed by atoms with E-state index in [2.05, 4.69) is 30.9 Å². The lowest BCUT2D eigenvalue weighted by Crippen LogP contribution is -2.54. The summed E-state index contributed by atoms with van der Waals surface area (Å²) < 4.78 is 31.7. The number of sulfonamides is 1. The molecule has 5 rings (SSSR count). The summed E-state index contributed by atoms with van der Waals surface area (Å²) in [6, 6.07) is 11.3. The van der Waals surface area contributed by atoms with Gasteiger partial charge < -0.3 is 4.90 Å². The predicted octanol–water partition coefficient (Wildman–Crippen LogP) is 2.30. The molecule has 1 aromatic carbocycles. The van der Waals surface area contributed by atoms with Crippen molar-refractivity contribution in [2.75, 3.05) is 22.7 Å². The molecule has 1 saturated heterocycles. The summed E-state index contributed by atoms with van der Waals surface area (Å²) in [5.41, 5.74) is 1.69. The highest BCUT2D eigenvalue weighted by molar-refractivity contribution is 7.92. The van der Waals surface area contributed by atoms with Gasteiger partial charge in [-0.25, -0.2) is 18.1 Å². The Balaban J connectivity index is 1.41. The normalized spacial score (nSPS) is 15.3. The number of para-hydroxylation sites is 1. The van der Waals surface area contributed by atoms with Crippen molar-refractivity contribution >= 4 is 32.3 Å². The van der Waals surface area contributed by atoms with Gasteiger partial charge in [-0.1, -0.05) is 12.1 Å². The first kappa shape index (κ1) is 20.0. The lowest BCUT2D eigenvalue weighted by Gasteiger charge is -2.44. The van der Waals surface area contributed by atoms with E-state index >= 15 is 0 Å². The van der Waals surface area contributed by atoms with E-state index in [4.69, 9.17) is 0 Å². The highest BCUT2D eigenvalue weighted by Crippen LogP contribution is 2.33. The van der Waals surface area contributed by atoms with Crippen LogP contribution in [0.15, 0.2) is 60.0 Å².